The van der Waals surface area contributed by atoms with Gasteiger partial charge in [-0.2, -0.15) is 10.4 Å². The molecule has 3 N–H and O–H groups in total. The number of nitrogens with one attached hydrogen (secondary N) is 1. The molecule has 0 spiro atoms. The largest absolute Gasteiger partial charge is 0.398 e. The smallest absolute Gasteiger partial charge is 0.264 e. The third-order valence-electron chi connectivity index (χ3n) is 3.17. The van der Waals surface area contributed by atoms with Crippen molar-refractivity contribution in [2.75, 3.05) is 10.5 Å². The number of anilines is 2. The van der Waals surface area contributed by atoms with E-state index in [-0.39, 0.29) is 10.6 Å². The van der Waals surface area contributed by atoms with E-state index in [0.29, 0.717) is 22.6 Å². The van der Waals surface area contributed by atoms with Crippen molar-refractivity contribution in [3.8, 4) is 6.07 Å². The summed E-state index contributed by atoms with van der Waals surface area (Å²) in [5.74, 6) is 0. The molecule has 2 rings (SSSR count). The first kappa shape index (κ1) is 14.9. The molecule has 2 aromatic rings. The molecule has 0 unspecified atom stereocenters. The Morgan fingerprint density at radius 2 is 2.05 bits per heavy atom. The Labute approximate surface area is 123 Å². The molecule has 0 amide bonds. The van der Waals surface area contributed by atoms with Gasteiger partial charge in [-0.25, -0.2) is 8.42 Å². The van der Waals surface area contributed by atoms with E-state index in [4.69, 9.17) is 11.0 Å². The summed E-state index contributed by atoms with van der Waals surface area (Å²) in [5.41, 5.74) is 7.77. The van der Waals surface area contributed by atoms with Gasteiger partial charge in [0.2, 0.25) is 0 Å². The molecule has 0 fully saturated rings. The van der Waals surface area contributed by atoms with Gasteiger partial charge < -0.3 is 5.73 Å². The van der Waals surface area contributed by atoms with Crippen LogP contribution >= 0.6 is 0 Å². The predicted molar refractivity (Wildman–Crippen MR) is 79.1 cm³/mol. The fourth-order valence-electron chi connectivity index (χ4n) is 1.97. The van der Waals surface area contributed by atoms with Crippen LogP contribution in [0.1, 0.15) is 17.0 Å². The Morgan fingerprint density at radius 1 is 1.38 bits per heavy atom. The van der Waals surface area contributed by atoms with Crippen LogP contribution < -0.4 is 10.5 Å². The third kappa shape index (κ3) is 2.68. The molecular formula is C13H15N5O2S. The highest BCUT2D eigenvalue weighted by Gasteiger charge is 2.21. The average molecular weight is 305 g/mol. The lowest BCUT2D eigenvalue weighted by molar-refractivity contribution is 0.601. The standard InChI is InChI=1S/C13H15N5O2S/c1-8-13(9(2)18(3)16-8)17-21(19,20)12-5-4-10(7-14)6-11(12)15/h4-6,17H,15H2,1-3H3. The second kappa shape index (κ2) is 5.10. The van der Waals surface area contributed by atoms with Crippen molar-refractivity contribution >= 4 is 21.4 Å². The van der Waals surface area contributed by atoms with Gasteiger partial charge in [0, 0.05) is 7.05 Å². The zero-order valence-corrected chi connectivity index (χ0v) is 12.7. The predicted octanol–water partition coefficient (Wildman–Crippen LogP) is 1.29. The van der Waals surface area contributed by atoms with Crippen LogP contribution in [-0.4, -0.2) is 18.2 Å². The van der Waals surface area contributed by atoms with E-state index in [1.54, 1.807) is 25.6 Å². The molecule has 0 bridgehead atoms. The molecule has 21 heavy (non-hydrogen) atoms. The molecule has 110 valence electrons. The van der Waals surface area contributed by atoms with Gasteiger partial charge in [0.15, 0.2) is 0 Å². The number of nitrogens with two attached hydrogens (primary N) is 1. The van der Waals surface area contributed by atoms with Gasteiger partial charge in [-0.1, -0.05) is 0 Å². The molecule has 0 aliphatic heterocycles. The maximum absolute atomic E-state index is 12.4. The number of aromatic nitrogens is 2. The molecular weight excluding hydrogens is 290 g/mol. The summed E-state index contributed by atoms with van der Waals surface area (Å²) in [6.07, 6.45) is 0. The first-order valence-corrected chi connectivity index (χ1v) is 7.57. The van der Waals surface area contributed by atoms with Crippen LogP contribution in [0.4, 0.5) is 11.4 Å². The number of aryl methyl sites for hydroxylation is 2. The van der Waals surface area contributed by atoms with E-state index < -0.39 is 10.0 Å². The number of rotatable bonds is 3. The van der Waals surface area contributed by atoms with E-state index in [9.17, 15) is 8.42 Å². The van der Waals surface area contributed by atoms with Crippen LogP contribution in [0, 0.1) is 25.2 Å². The topological polar surface area (TPSA) is 114 Å². The highest BCUT2D eigenvalue weighted by Crippen LogP contribution is 2.25. The number of nitrogens with zero attached hydrogens (tertiary/aromatic N) is 3. The molecule has 0 aliphatic carbocycles. The summed E-state index contributed by atoms with van der Waals surface area (Å²) >= 11 is 0. The quantitative estimate of drug-likeness (QED) is 0.829. The summed E-state index contributed by atoms with van der Waals surface area (Å²) in [5, 5.41) is 12.9. The van der Waals surface area contributed by atoms with Crippen molar-refractivity contribution in [3.05, 3.63) is 35.2 Å². The molecule has 1 heterocycles. The fraction of sp³-hybridized carbons (Fsp3) is 0.231. The number of benzene rings is 1. The minimum absolute atomic E-state index is 0.0285. The van der Waals surface area contributed by atoms with Crippen LogP contribution in [0.15, 0.2) is 23.1 Å². The van der Waals surface area contributed by atoms with Crippen molar-refractivity contribution in [2.45, 2.75) is 18.7 Å². The van der Waals surface area contributed by atoms with Gasteiger partial charge in [-0.15, -0.1) is 0 Å². The van der Waals surface area contributed by atoms with Gasteiger partial charge in [-0.05, 0) is 32.0 Å². The molecule has 7 nitrogen and oxygen atoms in total. The summed E-state index contributed by atoms with van der Waals surface area (Å²) in [4.78, 5) is -0.0656. The summed E-state index contributed by atoms with van der Waals surface area (Å²) in [7, 11) is -2.11. The second-order valence-electron chi connectivity index (χ2n) is 4.64. The van der Waals surface area contributed by atoms with Crippen molar-refractivity contribution in [3.63, 3.8) is 0 Å². The number of sulfonamides is 1. The summed E-state index contributed by atoms with van der Waals surface area (Å²) < 4.78 is 28.9. The van der Waals surface area contributed by atoms with E-state index in [0.717, 1.165) is 0 Å². The van der Waals surface area contributed by atoms with E-state index in [1.165, 1.54) is 18.2 Å². The Kier molecular flexibility index (Phi) is 3.61. The Morgan fingerprint density at radius 3 is 2.52 bits per heavy atom. The Hall–Kier alpha value is -2.53. The lowest BCUT2D eigenvalue weighted by Gasteiger charge is -2.10. The van der Waals surface area contributed by atoms with E-state index in [2.05, 4.69) is 9.82 Å². The minimum atomic E-state index is -3.84. The molecule has 0 saturated heterocycles. The lowest BCUT2D eigenvalue weighted by Crippen LogP contribution is -2.16. The molecule has 0 radical (unpaired) electrons. The van der Waals surface area contributed by atoms with Gasteiger partial charge in [-0.3, -0.25) is 9.40 Å². The van der Waals surface area contributed by atoms with Gasteiger partial charge in [0.25, 0.3) is 10.0 Å². The Balaban J connectivity index is 2.46. The zero-order valence-electron chi connectivity index (χ0n) is 11.9. The SMILES string of the molecule is Cc1nn(C)c(C)c1NS(=O)(=O)c1ccc(C#N)cc1N. The number of hydrogen-bond acceptors (Lipinski definition) is 5. The first-order chi connectivity index (χ1) is 9.76. The number of nitrogen functional groups attached to an aromatic ring is 1. The maximum Gasteiger partial charge on any atom is 0.264 e. The van der Waals surface area contributed by atoms with Crippen LogP contribution in [0.25, 0.3) is 0 Å². The molecule has 0 saturated carbocycles. The first-order valence-electron chi connectivity index (χ1n) is 6.09. The second-order valence-corrected chi connectivity index (χ2v) is 6.29. The van der Waals surface area contributed by atoms with Gasteiger partial charge in [0.1, 0.15) is 4.90 Å². The van der Waals surface area contributed by atoms with Crippen LogP contribution in [0.5, 0.6) is 0 Å². The lowest BCUT2D eigenvalue weighted by atomic mass is 10.2. The molecule has 8 heteroatoms. The minimum Gasteiger partial charge on any atom is -0.398 e. The summed E-state index contributed by atoms with van der Waals surface area (Å²) in [6, 6.07) is 5.97. The van der Waals surface area contributed by atoms with Crippen molar-refractivity contribution < 1.29 is 8.42 Å². The van der Waals surface area contributed by atoms with Crippen LogP contribution in [0.3, 0.4) is 0 Å². The molecule has 1 aromatic heterocycles. The van der Waals surface area contributed by atoms with Gasteiger partial charge in [0.05, 0.1) is 34.4 Å². The highest BCUT2D eigenvalue weighted by molar-refractivity contribution is 7.92. The monoisotopic (exact) mass is 305 g/mol. The third-order valence-corrected chi connectivity index (χ3v) is 4.60. The molecule has 0 atom stereocenters. The highest BCUT2D eigenvalue weighted by atomic mass is 32.2. The number of hydrogen-bond donors (Lipinski definition) is 2. The molecule has 1 aromatic carbocycles. The molecule has 0 aliphatic rings. The summed E-state index contributed by atoms with van der Waals surface area (Å²) in [6.45, 7) is 3.48. The van der Waals surface area contributed by atoms with Crippen LogP contribution in [0.2, 0.25) is 0 Å². The van der Waals surface area contributed by atoms with E-state index >= 15 is 0 Å². The van der Waals surface area contributed by atoms with Crippen LogP contribution in [-0.2, 0) is 17.1 Å². The maximum atomic E-state index is 12.4. The average Bonchev–Trinajstić information content (AvgIpc) is 2.64. The van der Waals surface area contributed by atoms with E-state index in [1.807, 2.05) is 6.07 Å². The Bertz CT molecular complexity index is 846. The normalized spacial score (nSPS) is 11.1. The van der Waals surface area contributed by atoms with Crippen molar-refractivity contribution in [1.29, 1.82) is 5.26 Å². The number of nitriles is 1. The fourth-order valence-corrected chi connectivity index (χ4v) is 3.26. The van der Waals surface area contributed by atoms with Crippen molar-refractivity contribution in [1.82, 2.24) is 9.78 Å². The zero-order chi connectivity index (χ0) is 15.8. The van der Waals surface area contributed by atoms with Crippen molar-refractivity contribution in [2.24, 2.45) is 7.05 Å². The van der Waals surface area contributed by atoms with Gasteiger partial charge >= 0.3 is 0 Å².